The summed E-state index contributed by atoms with van der Waals surface area (Å²) in [5, 5.41) is 2.49. The van der Waals surface area contributed by atoms with E-state index >= 15 is 0 Å². The van der Waals surface area contributed by atoms with Crippen LogP contribution in [0.25, 0.3) is 79.1 Å². The van der Waals surface area contributed by atoms with Crippen molar-refractivity contribution in [1.29, 1.82) is 0 Å². The molecule has 0 saturated heterocycles. The number of aromatic nitrogens is 3. The largest absolute Gasteiger partial charge is 0.264 e. The lowest BCUT2D eigenvalue weighted by atomic mass is 9.65. The molecule has 11 rings (SSSR count). The lowest BCUT2D eigenvalue weighted by Gasteiger charge is -2.35. The average molecular weight is 700 g/mol. The van der Waals surface area contributed by atoms with Crippen molar-refractivity contribution in [2.45, 2.75) is 5.41 Å². The number of hydrogen-bond acceptors (Lipinski definition) is 3. The van der Waals surface area contributed by atoms with Gasteiger partial charge < -0.3 is 0 Å². The van der Waals surface area contributed by atoms with E-state index in [2.05, 4.69) is 181 Å². The zero-order valence-electron chi connectivity index (χ0n) is 29.9. The number of nitrogens with zero attached hydrogens (tertiary/aromatic N) is 3. The number of hydrogen-bond donors (Lipinski definition) is 0. The van der Waals surface area contributed by atoms with Crippen LogP contribution < -0.4 is 0 Å². The van der Waals surface area contributed by atoms with Gasteiger partial charge >= 0.3 is 0 Å². The molecule has 2 aliphatic carbocycles. The summed E-state index contributed by atoms with van der Waals surface area (Å²) in [6, 6.07) is 63.4. The summed E-state index contributed by atoms with van der Waals surface area (Å²) in [7, 11) is 0. The molecule has 0 bridgehead atoms. The van der Waals surface area contributed by atoms with E-state index in [4.69, 9.17) is 9.97 Å². The highest BCUT2D eigenvalue weighted by Gasteiger charge is 2.48. The van der Waals surface area contributed by atoms with E-state index in [9.17, 15) is 0 Å². The van der Waals surface area contributed by atoms with Gasteiger partial charge in [0.15, 0.2) is 5.82 Å². The molecule has 7 aromatic carbocycles. The van der Waals surface area contributed by atoms with Crippen molar-refractivity contribution < 1.29 is 0 Å². The van der Waals surface area contributed by atoms with Crippen LogP contribution in [0.1, 0.15) is 33.4 Å². The summed E-state index contributed by atoms with van der Waals surface area (Å²) < 4.78 is 0. The first-order valence-corrected chi connectivity index (χ1v) is 18.7. The SMILES string of the molecule is C1=Cc2ccc(-c3cc(-c4ccccc4)nc(-c4ccc(-c5cccnc5)cc4)n3)cc2C2(c3ccccc31)c1ccccc1-c1cc3ccccc3cc12. The second-order valence-electron chi connectivity index (χ2n) is 14.4. The summed E-state index contributed by atoms with van der Waals surface area (Å²) in [6.07, 6.45) is 8.27. The van der Waals surface area contributed by atoms with E-state index in [1.54, 1.807) is 6.20 Å². The van der Waals surface area contributed by atoms with E-state index in [0.29, 0.717) is 5.82 Å². The maximum atomic E-state index is 5.32. The number of fused-ring (bicyclic) bond motifs is 10. The van der Waals surface area contributed by atoms with E-state index < -0.39 is 5.41 Å². The molecule has 0 fully saturated rings. The first kappa shape index (κ1) is 31.3. The van der Waals surface area contributed by atoms with Gasteiger partial charge in [-0.1, -0.05) is 158 Å². The molecular formula is C52H33N3. The van der Waals surface area contributed by atoms with Crippen LogP contribution in [0.4, 0.5) is 0 Å². The Labute approximate surface area is 320 Å². The minimum Gasteiger partial charge on any atom is -0.264 e. The van der Waals surface area contributed by atoms with E-state index in [-0.39, 0.29) is 0 Å². The quantitative estimate of drug-likeness (QED) is 0.184. The van der Waals surface area contributed by atoms with Gasteiger partial charge in [-0.2, -0.15) is 0 Å². The topological polar surface area (TPSA) is 38.7 Å². The predicted octanol–water partition coefficient (Wildman–Crippen LogP) is 12.5. The fraction of sp³-hybridized carbons (Fsp3) is 0.0192. The number of benzene rings is 7. The van der Waals surface area contributed by atoms with Crippen molar-refractivity contribution in [3.8, 4) is 56.2 Å². The fourth-order valence-electron chi connectivity index (χ4n) is 8.86. The zero-order valence-corrected chi connectivity index (χ0v) is 29.9. The molecule has 2 heterocycles. The standard InChI is InChI=1S/C52H33N3/c1-2-12-37(13-3-1)49-32-50(55-51(54-49)38-25-20-34(21-26-38)42-16-10-28-53-33-42)41-27-24-36-23-22-35-11-6-8-18-45(35)52(47(36)31-41)46-19-9-7-17-43(46)44-29-39-14-4-5-15-40(39)30-48(44)52/h1-33H. The maximum absolute atomic E-state index is 5.32. The molecule has 0 saturated carbocycles. The Kier molecular flexibility index (Phi) is 7.08. The van der Waals surface area contributed by atoms with Crippen LogP contribution in [0, 0.1) is 0 Å². The van der Waals surface area contributed by atoms with Gasteiger partial charge in [-0.15, -0.1) is 0 Å². The zero-order chi connectivity index (χ0) is 36.3. The molecule has 1 spiro atoms. The number of rotatable bonds is 4. The van der Waals surface area contributed by atoms with Crippen molar-refractivity contribution in [3.63, 3.8) is 0 Å². The van der Waals surface area contributed by atoms with E-state index in [0.717, 1.165) is 39.2 Å². The summed E-state index contributed by atoms with van der Waals surface area (Å²) in [5.41, 5.74) is 16.6. The summed E-state index contributed by atoms with van der Waals surface area (Å²) in [5.74, 6) is 0.687. The molecule has 256 valence electrons. The minimum absolute atomic E-state index is 0.554. The van der Waals surface area contributed by atoms with Crippen LogP contribution >= 0.6 is 0 Å². The van der Waals surface area contributed by atoms with Crippen molar-refractivity contribution in [2.75, 3.05) is 0 Å². The van der Waals surface area contributed by atoms with Crippen molar-refractivity contribution in [3.05, 3.63) is 222 Å². The summed E-state index contributed by atoms with van der Waals surface area (Å²) in [6.45, 7) is 0. The van der Waals surface area contributed by atoms with Crippen LogP contribution in [0.3, 0.4) is 0 Å². The Morgan fingerprint density at radius 2 is 1.00 bits per heavy atom. The predicted molar refractivity (Wildman–Crippen MR) is 225 cm³/mol. The highest BCUT2D eigenvalue weighted by molar-refractivity contribution is 5.98. The van der Waals surface area contributed by atoms with Crippen LogP contribution in [0.2, 0.25) is 0 Å². The normalized spacial score (nSPS) is 14.9. The van der Waals surface area contributed by atoms with Gasteiger partial charge in [-0.05, 0) is 96.7 Å². The van der Waals surface area contributed by atoms with Gasteiger partial charge in [-0.3, -0.25) is 4.98 Å². The summed E-state index contributed by atoms with van der Waals surface area (Å²) >= 11 is 0. The van der Waals surface area contributed by atoms with Gasteiger partial charge in [0, 0.05) is 29.1 Å². The smallest absolute Gasteiger partial charge is 0.160 e. The first-order valence-electron chi connectivity index (χ1n) is 18.7. The molecule has 0 aliphatic heterocycles. The first-order chi connectivity index (χ1) is 27.2. The molecule has 0 N–H and O–H groups in total. The Morgan fingerprint density at radius 3 is 1.80 bits per heavy atom. The van der Waals surface area contributed by atoms with E-state index in [1.165, 1.54) is 55.3 Å². The molecule has 2 aliphatic rings. The van der Waals surface area contributed by atoms with Crippen LogP contribution in [-0.2, 0) is 5.41 Å². The fourth-order valence-corrected chi connectivity index (χ4v) is 8.86. The lowest BCUT2D eigenvalue weighted by Crippen LogP contribution is -2.30. The highest BCUT2D eigenvalue weighted by Crippen LogP contribution is 2.59. The monoisotopic (exact) mass is 699 g/mol. The van der Waals surface area contributed by atoms with Gasteiger partial charge in [0.1, 0.15) is 0 Å². The van der Waals surface area contributed by atoms with E-state index in [1.807, 2.05) is 18.3 Å². The molecule has 3 nitrogen and oxygen atoms in total. The molecule has 0 amide bonds. The molecule has 55 heavy (non-hydrogen) atoms. The average Bonchev–Trinajstić information content (AvgIpc) is 3.45. The molecule has 9 aromatic rings. The van der Waals surface area contributed by atoms with Gasteiger partial charge in [-0.25, -0.2) is 9.97 Å². The third kappa shape index (κ3) is 4.94. The second kappa shape index (κ2) is 12.4. The molecule has 1 unspecified atom stereocenters. The van der Waals surface area contributed by atoms with Gasteiger partial charge in [0.05, 0.1) is 16.8 Å². The molecule has 3 heteroatoms. The van der Waals surface area contributed by atoms with Crippen LogP contribution in [0.15, 0.2) is 188 Å². The van der Waals surface area contributed by atoms with Crippen molar-refractivity contribution in [1.82, 2.24) is 15.0 Å². The molecule has 2 aromatic heterocycles. The summed E-state index contributed by atoms with van der Waals surface area (Å²) in [4.78, 5) is 14.8. The molecule has 1 atom stereocenters. The Morgan fingerprint density at radius 1 is 0.364 bits per heavy atom. The van der Waals surface area contributed by atoms with Gasteiger partial charge in [0.2, 0.25) is 0 Å². The van der Waals surface area contributed by atoms with Crippen molar-refractivity contribution in [2.24, 2.45) is 0 Å². The number of pyridine rings is 1. The van der Waals surface area contributed by atoms with Crippen molar-refractivity contribution >= 4 is 22.9 Å². The third-order valence-corrected chi connectivity index (χ3v) is 11.4. The lowest BCUT2D eigenvalue weighted by molar-refractivity contribution is 0.767. The molecule has 0 radical (unpaired) electrons. The Bertz CT molecular complexity index is 2970. The maximum Gasteiger partial charge on any atom is 0.160 e. The van der Waals surface area contributed by atoms with Crippen LogP contribution in [-0.4, -0.2) is 15.0 Å². The third-order valence-electron chi connectivity index (χ3n) is 11.4. The second-order valence-corrected chi connectivity index (χ2v) is 14.4. The minimum atomic E-state index is -0.554. The van der Waals surface area contributed by atoms with Crippen LogP contribution in [0.5, 0.6) is 0 Å². The highest BCUT2D eigenvalue weighted by atomic mass is 14.9. The Balaban J connectivity index is 1.16. The van der Waals surface area contributed by atoms with Gasteiger partial charge in [0.25, 0.3) is 0 Å². The Hall–Kier alpha value is -7.23. The molecular weight excluding hydrogens is 667 g/mol.